The Hall–Kier alpha value is -1.98. The fourth-order valence-electron chi connectivity index (χ4n) is 2.38. The lowest BCUT2D eigenvalue weighted by molar-refractivity contribution is 0.618. The van der Waals surface area contributed by atoms with Crippen molar-refractivity contribution in [3.63, 3.8) is 0 Å². The number of nitrogens with zero attached hydrogens (tertiary/aromatic N) is 3. The van der Waals surface area contributed by atoms with E-state index in [1.165, 1.54) is 6.07 Å². The molecule has 22 heavy (non-hydrogen) atoms. The molecule has 0 fully saturated rings. The van der Waals surface area contributed by atoms with Crippen LogP contribution in [0.1, 0.15) is 12.8 Å². The van der Waals surface area contributed by atoms with E-state index in [2.05, 4.69) is 9.97 Å². The first-order chi connectivity index (χ1) is 10.3. The summed E-state index contributed by atoms with van der Waals surface area (Å²) >= 11 is 0. The molecule has 4 nitrogen and oxygen atoms in total. The second-order valence-electron chi connectivity index (χ2n) is 4.95. The van der Waals surface area contributed by atoms with Crippen molar-refractivity contribution in [3.05, 3.63) is 48.5 Å². The number of aromatic nitrogens is 3. The third-order valence-corrected chi connectivity index (χ3v) is 3.47. The number of para-hydroxylation sites is 1. The number of imidazole rings is 1. The van der Waals surface area contributed by atoms with Crippen molar-refractivity contribution in [2.24, 2.45) is 5.73 Å². The smallest absolute Gasteiger partial charge is 0.158 e. The molecule has 0 bridgehead atoms. The van der Waals surface area contributed by atoms with Crippen LogP contribution in [-0.4, -0.2) is 21.1 Å². The van der Waals surface area contributed by atoms with Gasteiger partial charge in [-0.05, 0) is 31.5 Å². The molecule has 1 aromatic carbocycles. The summed E-state index contributed by atoms with van der Waals surface area (Å²) in [5.74, 6) is 0.452. The largest absolute Gasteiger partial charge is 0.330 e. The molecule has 2 heterocycles. The predicted octanol–water partition coefficient (Wildman–Crippen LogP) is 3.40. The molecule has 0 aliphatic rings. The third kappa shape index (κ3) is 3.26. The zero-order valence-electron chi connectivity index (χ0n) is 12.1. The molecule has 0 saturated carbocycles. The van der Waals surface area contributed by atoms with Crippen LogP contribution in [0.25, 0.3) is 22.4 Å². The number of fused-ring (bicyclic) bond motifs is 1. The number of rotatable bonds is 5. The van der Waals surface area contributed by atoms with Gasteiger partial charge in [0.15, 0.2) is 5.82 Å². The van der Waals surface area contributed by atoms with Crippen molar-refractivity contribution in [1.29, 1.82) is 0 Å². The summed E-state index contributed by atoms with van der Waals surface area (Å²) in [4.78, 5) is 8.77. The lowest BCUT2D eigenvalue weighted by Crippen LogP contribution is -2.04. The molecule has 3 aromatic rings. The predicted molar refractivity (Wildman–Crippen MR) is 88.5 cm³/mol. The van der Waals surface area contributed by atoms with Crippen LogP contribution in [0, 0.1) is 5.82 Å². The molecule has 0 unspecified atom stereocenters. The summed E-state index contributed by atoms with van der Waals surface area (Å²) in [5.41, 5.74) is 6.58. The van der Waals surface area contributed by atoms with Crippen molar-refractivity contribution in [2.45, 2.75) is 19.4 Å². The van der Waals surface area contributed by atoms with E-state index in [0.29, 0.717) is 17.8 Å². The second-order valence-corrected chi connectivity index (χ2v) is 4.95. The molecule has 0 atom stereocenters. The zero-order valence-corrected chi connectivity index (χ0v) is 12.9. The molecule has 0 amide bonds. The van der Waals surface area contributed by atoms with E-state index >= 15 is 0 Å². The van der Waals surface area contributed by atoms with Gasteiger partial charge in [0, 0.05) is 24.3 Å². The van der Waals surface area contributed by atoms with Crippen LogP contribution < -0.4 is 5.73 Å². The Bertz CT molecular complexity index is 757. The van der Waals surface area contributed by atoms with E-state index in [1.54, 1.807) is 12.3 Å². The maximum absolute atomic E-state index is 13.9. The first-order valence-electron chi connectivity index (χ1n) is 7.06. The van der Waals surface area contributed by atoms with Crippen molar-refractivity contribution in [2.75, 3.05) is 6.54 Å². The van der Waals surface area contributed by atoms with Gasteiger partial charge in [0.1, 0.15) is 17.0 Å². The number of nitrogens with two attached hydrogens (primary N) is 1. The van der Waals surface area contributed by atoms with Gasteiger partial charge in [-0.15, -0.1) is 12.4 Å². The average Bonchev–Trinajstić information content (AvgIpc) is 2.96. The van der Waals surface area contributed by atoms with Crippen LogP contribution in [0.15, 0.2) is 42.7 Å². The van der Waals surface area contributed by atoms with Crippen molar-refractivity contribution < 1.29 is 4.39 Å². The van der Waals surface area contributed by atoms with Gasteiger partial charge in [-0.3, -0.25) is 0 Å². The summed E-state index contributed by atoms with van der Waals surface area (Å²) < 4.78 is 15.9. The summed E-state index contributed by atoms with van der Waals surface area (Å²) in [6, 6.07) is 8.71. The number of benzene rings is 1. The first-order valence-corrected chi connectivity index (χ1v) is 7.06. The minimum atomic E-state index is -0.310. The van der Waals surface area contributed by atoms with Gasteiger partial charge in [0.2, 0.25) is 0 Å². The average molecular weight is 321 g/mol. The fraction of sp³-hybridized carbons (Fsp3) is 0.250. The molecule has 2 aromatic heterocycles. The van der Waals surface area contributed by atoms with Crippen LogP contribution in [0.4, 0.5) is 4.39 Å². The molecule has 3 rings (SSSR count). The topological polar surface area (TPSA) is 56.7 Å². The number of pyridine rings is 1. The van der Waals surface area contributed by atoms with E-state index in [0.717, 1.165) is 30.6 Å². The Labute approximate surface area is 134 Å². The van der Waals surface area contributed by atoms with Crippen molar-refractivity contribution in [1.82, 2.24) is 14.5 Å². The van der Waals surface area contributed by atoms with Crippen molar-refractivity contribution >= 4 is 23.3 Å². The molecule has 0 aliphatic heterocycles. The monoisotopic (exact) mass is 320 g/mol. The standard InChI is InChI=1S/C16H17FN4.ClH/c17-13-5-3-4-12-6-7-14(20-15(12)13)16-19-9-11-21(16)10-2-1-8-18;/h3-7,9,11H,1-2,8,10,18H2;1H. The molecular weight excluding hydrogens is 303 g/mol. The molecule has 0 saturated heterocycles. The number of hydrogen-bond acceptors (Lipinski definition) is 3. The summed E-state index contributed by atoms with van der Waals surface area (Å²) in [7, 11) is 0. The van der Waals surface area contributed by atoms with Crippen LogP contribution in [0.5, 0.6) is 0 Å². The Morgan fingerprint density at radius 3 is 2.82 bits per heavy atom. The summed E-state index contributed by atoms with van der Waals surface area (Å²) in [6.07, 6.45) is 5.61. The van der Waals surface area contributed by atoms with Gasteiger partial charge in [-0.25, -0.2) is 14.4 Å². The number of halogens is 2. The van der Waals surface area contributed by atoms with Gasteiger partial charge in [-0.1, -0.05) is 18.2 Å². The van der Waals surface area contributed by atoms with Gasteiger partial charge < -0.3 is 10.3 Å². The van der Waals surface area contributed by atoms with Crippen LogP contribution in [-0.2, 0) is 6.54 Å². The Morgan fingerprint density at radius 2 is 2.00 bits per heavy atom. The fourth-order valence-corrected chi connectivity index (χ4v) is 2.38. The zero-order chi connectivity index (χ0) is 14.7. The number of unbranched alkanes of at least 4 members (excludes halogenated alkanes) is 1. The van der Waals surface area contributed by atoms with Crippen LogP contribution in [0.2, 0.25) is 0 Å². The lowest BCUT2D eigenvalue weighted by Gasteiger charge is -2.08. The van der Waals surface area contributed by atoms with E-state index < -0.39 is 0 Å². The first kappa shape index (κ1) is 16.4. The van der Waals surface area contributed by atoms with Crippen LogP contribution in [0.3, 0.4) is 0 Å². The Kier molecular flexibility index (Phi) is 5.46. The molecular formula is C16H18ClFN4. The number of hydrogen-bond donors (Lipinski definition) is 1. The van der Waals surface area contributed by atoms with Gasteiger partial charge in [0.05, 0.1) is 0 Å². The van der Waals surface area contributed by atoms with Gasteiger partial charge >= 0.3 is 0 Å². The molecule has 0 aliphatic carbocycles. The van der Waals surface area contributed by atoms with Gasteiger partial charge in [-0.2, -0.15) is 0 Å². The molecule has 0 radical (unpaired) electrons. The highest BCUT2D eigenvalue weighted by Gasteiger charge is 2.09. The maximum atomic E-state index is 13.9. The third-order valence-electron chi connectivity index (χ3n) is 3.47. The van der Waals surface area contributed by atoms with E-state index in [-0.39, 0.29) is 18.2 Å². The highest BCUT2D eigenvalue weighted by Crippen LogP contribution is 2.21. The molecule has 116 valence electrons. The lowest BCUT2D eigenvalue weighted by atomic mass is 10.2. The van der Waals surface area contributed by atoms with Crippen molar-refractivity contribution in [3.8, 4) is 11.5 Å². The van der Waals surface area contributed by atoms with Gasteiger partial charge in [0.25, 0.3) is 0 Å². The highest BCUT2D eigenvalue weighted by atomic mass is 35.5. The van der Waals surface area contributed by atoms with Crippen LogP contribution >= 0.6 is 12.4 Å². The minimum Gasteiger partial charge on any atom is -0.330 e. The second kappa shape index (κ2) is 7.33. The maximum Gasteiger partial charge on any atom is 0.158 e. The summed E-state index contributed by atoms with van der Waals surface area (Å²) in [6.45, 7) is 1.52. The van der Waals surface area contributed by atoms with E-state index in [9.17, 15) is 4.39 Å². The summed E-state index contributed by atoms with van der Waals surface area (Å²) in [5, 5.41) is 0.792. The quantitative estimate of drug-likeness (QED) is 0.733. The SMILES string of the molecule is Cl.NCCCCn1ccnc1-c1ccc2cccc(F)c2n1. The number of aryl methyl sites for hydroxylation is 1. The minimum absolute atomic E-state index is 0. The highest BCUT2D eigenvalue weighted by molar-refractivity contribution is 5.85. The molecule has 2 N–H and O–H groups in total. The Morgan fingerprint density at radius 1 is 1.14 bits per heavy atom. The normalized spacial score (nSPS) is 10.6. The molecule has 0 spiro atoms. The Balaban J connectivity index is 0.00000176. The van der Waals surface area contributed by atoms with E-state index in [4.69, 9.17) is 5.73 Å². The van der Waals surface area contributed by atoms with E-state index in [1.807, 2.05) is 29.0 Å². The molecule has 6 heteroatoms.